The Morgan fingerprint density at radius 2 is 2.38 bits per heavy atom. The van der Waals surface area contributed by atoms with Crippen LogP contribution in [0.3, 0.4) is 0 Å². The van der Waals surface area contributed by atoms with Crippen molar-refractivity contribution in [1.82, 2.24) is 0 Å². The Kier molecular flexibility index (Phi) is 3.52. The van der Waals surface area contributed by atoms with Crippen LogP contribution in [0.1, 0.15) is 39.5 Å². The first-order chi connectivity index (χ1) is 6.16. The molecule has 1 aliphatic rings. The molecule has 0 radical (unpaired) electrons. The van der Waals surface area contributed by atoms with Crippen molar-refractivity contribution < 1.29 is 9.53 Å². The maximum absolute atomic E-state index is 11.3. The second-order valence-electron chi connectivity index (χ2n) is 3.93. The minimum atomic E-state index is -0.0726. The average Bonchev–Trinajstić information content (AvgIpc) is 2.04. The smallest absolute Gasteiger partial charge is 0.306 e. The fraction of sp³-hybridized carbons (Fsp3) is 0.727. The van der Waals surface area contributed by atoms with Crippen molar-refractivity contribution in [2.75, 3.05) is 6.61 Å². The predicted molar refractivity (Wildman–Crippen MR) is 52.3 cm³/mol. The molecule has 0 aromatic carbocycles. The Labute approximate surface area is 80.0 Å². The fourth-order valence-electron chi connectivity index (χ4n) is 1.76. The van der Waals surface area contributed by atoms with E-state index in [1.807, 2.05) is 6.92 Å². The zero-order valence-electron chi connectivity index (χ0n) is 8.51. The van der Waals surface area contributed by atoms with Gasteiger partial charge in [0.15, 0.2) is 0 Å². The van der Waals surface area contributed by atoms with Crippen LogP contribution in [0.2, 0.25) is 0 Å². The maximum Gasteiger partial charge on any atom is 0.306 e. The molecule has 0 spiro atoms. The first kappa shape index (κ1) is 10.3. The first-order valence-electron chi connectivity index (χ1n) is 4.99. The molecule has 13 heavy (non-hydrogen) atoms. The van der Waals surface area contributed by atoms with Crippen molar-refractivity contribution in [1.29, 1.82) is 0 Å². The molecule has 0 unspecified atom stereocenters. The predicted octanol–water partition coefficient (Wildman–Crippen LogP) is 2.69. The topological polar surface area (TPSA) is 26.3 Å². The molecule has 0 amide bonds. The molecule has 0 aromatic rings. The Hall–Kier alpha value is -0.790. The van der Waals surface area contributed by atoms with Crippen molar-refractivity contribution in [2.24, 2.45) is 5.41 Å². The standard InChI is InChI=1S/C11H18O2/c1-3-13-10(12)9-11(2)7-5-4-6-8-11/h5,7H,3-4,6,8-9H2,1-2H3/t11-/m1/s1. The molecule has 0 bridgehead atoms. The maximum atomic E-state index is 11.3. The van der Waals surface area contributed by atoms with Crippen LogP contribution in [0.15, 0.2) is 12.2 Å². The van der Waals surface area contributed by atoms with Gasteiger partial charge in [0, 0.05) is 0 Å². The normalized spacial score (nSPS) is 27.2. The third kappa shape index (κ3) is 3.21. The van der Waals surface area contributed by atoms with Crippen LogP contribution in [-0.4, -0.2) is 12.6 Å². The number of rotatable bonds is 3. The van der Waals surface area contributed by atoms with Gasteiger partial charge in [-0.15, -0.1) is 0 Å². The number of ether oxygens (including phenoxy) is 1. The van der Waals surface area contributed by atoms with E-state index < -0.39 is 0 Å². The molecule has 0 saturated heterocycles. The summed E-state index contributed by atoms with van der Waals surface area (Å²) in [5, 5.41) is 0. The number of hydrogen-bond donors (Lipinski definition) is 0. The number of hydrogen-bond acceptors (Lipinski definition) is 2. The lowest BCUT2D eigenvalue weighted by Crippen LogP contribution is -2.21. The van der Waals surface area contributed by atoms with E-state index in [2.05, 4.69) is 19.1 Å². The van der Waals surface area contributed by atoms with Crippen molar-refractivity contribution in [3.05, 3.63) is 12.2 Å². The monoisotopic (exact) mass is 182 g/mol. The quantitative estimate of drug-likeness (QED) is 0.495. The summed E-state index contributed by atoms with van der Waals surface area (Å²) in [7, 11) is 0. The van der Waals surface area contributed by atoms with E-state index in [9.17, 15) is 4.79 Å². The molecule has 2 nitrogen and oxygen atoms in total. The SMILES string of the molecule is CCOC(=O)C[C@]1(C)C=CCCC1. The van der Waals surface area contributed by atoms with Crippen LogP contribution in [-0.2, 0) is 9.53 Å². The zero-order valence-corrected chi connectivity index (χ0v) is 8.51. The summed E-state index contributed by atoms with van der Waals surface area (Å²) < 4.78 is 4.94. The summed E-state index contributed by atoms with van der Waals surface area (Å²) in [5.74, 6) is -0.0726. The lowest BCUT2D eigenvalue weighted by molar-refractivity contribution is -0.145. The van der Waals surface area contributed by atoms with Gasteiger partial charge in [-0.3, -0.25) is 4.79 Å². The highest BCUT2D eigenvalue weighted by molar-refractivity contribution is 5.70. The molecule has 1 atom stereocenters. The Balaban J connectivity index is 2.45. The van der Waals surface area contributed by atoms with E-state index in [1.165, 1.54) is 6.42 Å². The lowest BCUT2D eigenvalue weighted by Gasteiger charge is -2.27. The molecule has 0 N–H and O–H groups in total. The van der Waals surface area contributed by atoms with E-state index in [4.69, 9.17) is 4.74 Å². The second kappa shape index (κ2) is 4.45. The van der Waals surface area contributed by atoms with E-state index in [0.29, 0.717) is 13.0 Å². The van der Waals surface area contributed by atoms with E-state index >= 15 is 0 Å². The fourth-order valence-corrected chi connectivity index (χ4v) is 1.76. The summed E-state index contributed by atoms with van der Waals surface area (Å²) in [6.07, 6.45) is 8.29. The minimum Gasteiger partial charge on any atom is -0.466 e. The van der Waals surface area contributed by atoms with Gasteiger partial charge < -0.3 is 4.74 Å². The third-order valence-corrected chi connectivity index (χ3v) is 2.49. The molecule has 0 heterocycles. The van der Waals surface area contributed by atoms with Crippen LogP contribution in [0.4, 0.5) is 0 Å². The van der Waals surface area contributed by atoms with Gasteiger partial charge in [-0.2, -0.15) is 0 Å². The van der Waals surface area contributed by atoms with Crippen LogP contribution in [0.25, 0.3) is 0 Å². The lowest BCUT2D eigenvalue weighted by atomic mass is 9.78. The Morgan fingerprint density at radius 3 is 2.92 bits per heavy atom. The van der Waals surface area contributed by atoms with Crippen LogP contribution >= 0.6 is 0 Å². The number of carbonyl (C=O) groups is 1. The zero-order chi connectivity index (χ0) is 9.73. The molecule has 0 fully saturated rings. The van der Waals surface area contributed by atoms with Crippen LogP contribution in [0, 0.1) is 5.41 Å². The van der Waals surface area contributed by atoms with Crippen LogP contribution in [0.5, 0.6) is 0 Å². The minimum absolute atomic E-state index is 0.0461. The summed E-state index contributed by atoms with van der Waals surface area (Å²) in [6.45, 7) is 4.45. The van der Waals surface area contributed by atoms with Crippen molar-refractivity contribution in [3.8, 4) is 0 Å². The van der Waals surface area contributed by atoms with Gasteiger partial charge in [-0.25, -0.2) is 0 Å². The molecule has 0 saturated carbocycles. The molecule has 1 aliphatic carbocycles. The third-order valence-electron chi connectivity index (χ3n) is 2.49. The van der Waals surface area contributed by atoms with Gasteiger partial charge in [-0.1, -0.05) is 19.1 Å². The van der Waals surface area contributed by atoms with E-state index in [-0.39, 0.29) is 11.4 Å². The molecular weight excluding hydrogens is 164 g/mol. The average molecular weight is 182 g/mol. The number of esters is 1. The molecule has 74 valence electrons. The van der Waals surface area contributed by atoms with Crippen molar-refractivity contribution in [3.63, 3.8) is 0 Å². The highest BCUT2D eigenvalue weighted by Gasteiger charge is 2.26. The van der Waals surface area contributed by atoms with Gasteiger partial charge >= 0.3 is 5.97 Å². The van der Waals surface area contributed by atoms with Gasteiger partial charge in [-0.05, 0) is 31.6 Å². The highest BCUT2D eigenvalue weighted by Crippen LogP contribution is 2.33. The molecule has 1 rings (SSSR count). The summed E-state index contributed by atoms with van der Waals surface area (Å²) in [5.41, 5.74) is 0.0461. The van der Waals surface area contributed by atoms with Gasteiger partial charge in [0.05, 0.1) is 13.0 Å². The van der Waals surface area contributed by atoms with Gasteiger partial charge in [0.25, 0.3) is 0 Å². The van der Waals surface area contributed by atoms with Crippen molar-refractivity contribution in [2.45, 2.75) is 39.5 Å². The van der Waals surface area contributed by atoms with Gasteiger partial charge in [0.2, 0.25) is 0 Å². The molecule has 0 aromatic heterocycles. The summed E-state index contributed by atoms with van der Waals surface area (Å²) in [4.78, 5) is 11.3. The van der Waals surface area contributed by atoms with E-state index in [1.54, 1.807) is 0 Å². The Morgan fingerprint density at radius 1 is 1.62 bits per heavy atom. The number of carbonyl (C=O) groups excluding carboxylic acids is 1. The summed E-state index contributed by atoms with van der Waals surface area (Å²) in [6, 6.07) is 0. The molecular formula is C11H18O2. The largest absolute Gasteiger partial charge is 0.466 e. The molecule has 2 heteroatoms. The van der Waals surface area contributed by atoms with E-state index in [0.717, 1.165) is 12.8 Å². The van der Waals surface area contributed by atoms with Crippen molar-refractivity contribution >= 4 is 5.97 Å². The summed E-state index contributed by atoms with van der Waals surface area (Å²) >= 11 is 0. The molecule has 0 aliphatic heterocycles. The van der Waals surface area contributed by atoms with Gasteiger partial charge in [0.1, 0.15) is 0 Å². The second-order valence-corrected chi connectivity index (χ2v) is 3.93. The van der Waals surface area contributed by atoms with Crippen LogP contribution < -0.4 is 0 Å². The number of allylic oxidation sites excluding steroid dienone is 2. The Bertz CT molecular complexity index is 208. The highest BCUT2D eigenvalue weighted by atomic mass is 16.5. The first-order valence-corrected chi connectivity index (χ1v) is 4.99.